The number of anilines is 2. The van der Waals surface area contributed by atoms with E-state index in [1.165, 1.54) is 54.8 Å². The zero-order valence-electron chi connectivity index (χ0n) is 31.6. The summed E-state index contributed by atoms with van der Waals surface area (Å²) in [7, 11) is 2.39. The van der Waals surface area contributed by atoms with Crippen LogP contribution in [-0.4, -0.2) is 11.8 Å². The summed E-state index contributed by atoms with van der Waals surface area (Å²) < 4.78 is 15.5. The van der Waals surface area contributed by atoms with Crippen LogP contribution in [0.25, 0.3) is 93.3 Å². The van der Waals surface area contributed by atoms with Gasteiger partial charge in [0.2, 0.25) is 0 Å². The molecule has 4 nitrogen and oxygen atoms in total. The molecule has 0 aliphatic carbocycles. The van der Waals surface area contributed by atoms with Crippen molar-refractivity contribution in [3.05, 3.63) is 151 Å². The van der Waals surface area contributed by atoms with Gasteiger partial charge in [0.05, 0.1) is 5.52 Å². The fourth-order valence-corrected chi connectivity index (χ4v) is 9.37. The maximum atomic E-state index is 6.50. The average Bonchev–Trinajstić information content (AvgIpc) is 3.87. The van der Waals surface area contributed by atoms with Gasteiger partial charge in [0, 0.05) is 60.5 Å². The fourth-order valence-electron chi connectivity index (χ4n) is 9.37. The van der Waals surface area contributed by atoms with Crippen LogP contribution >= 0.6 is 0 Å². The van der Waals surface area contributed by atoms with E-state index in [1.807, 2.05) is 12.1 Å². The molecule has 8 aromatic carbocycles. The molecule has 1 aliphatic rings. The number of hydrogen-bond donors (Lipinski definition) is 1. The zero-order chi connectivity index (χ0) is 37.4. The Labute approximate surface area is 324 Å². The first kappa shape index (κ1) is 31.6. The van der Waals surface area contributed by atoms with Crippen LogP contribution in [0.15, 0.2) is 148 Å². The van der Waals surface area contributed by atoms with Crippen molar-refractivity contribution in [2.24, 2.45) is 0 Å². The summed E-state index contributed by atoms with van der Waals surface area (Å²) in [5.41, 5.74) is 16.5. The van der Waals surface area contributed by atoms with E-state index in [2.05, 4.69) is 172 Å². The summed E-state index contributed by atoms with van der Waals surface area (Å²) in [6.07, 6.45) is 0. The molecule has 5 heteroatoms. The third-order valence-corrected chi connectivity index (χ3v) is 12.1. The number of aromatic nitrogens is 1. The second-order valence-corrected chi connectivity index (χ2v) is 16.5. The number of furan rings is 2. The minimum atomic E-state index is 0.0798. The number of nitrogens with one attached hydrogen (secondary N) is 1. The SMILES string of the molecule is Cc1cc(-c2c(Nc3ccc(C(C)(C)C)cc3)ccc3ccccc23)c2c3c1c1cc4oc5ccccc5c4cc1n3-c1cc3c(cc1[B]2)oc1ccccc13. The van der Waals surface area contributed by atoms with Gasteiger partial charge < -0.3 is 18.7 Å². The first-order chi connectivity index (χ1) is 27.3. The summed E-state index contributed by atoms with van der Waals surface area (Å²) in [5, 5.41) is 13.2. The predicted octanol–water partition coefficient (Wildman–Crippen LogP) is 12.7. The molecule has 3 aromatic heterocycles. The molecule has 0 saturated heterocycles. The molecular formula is C51H36BN2O2. The summed E-state index contributed by atoms with van der Waals surface area (Å²) in [6.45, 7) is 9.04. The van der Waals surface area contributed by atoms with E-state index in [9.17, 15) is 0 Å². The van der Waals surface area contributed by atoms with Crippen molar-refractivity contribution in [1.29, 1.82) is 0 Å². The Morgan fingerprint density at radius 3 is 1.98 bits per heavy atom. The van der Waals surface area contributed by atoms with Gasteiger partial charge in [-0.05, 0) is 99.9 Å². The van der Waals surface area contributed by atoms with Crippen molar-refractivity contribution < 1.29 is 8.83 Å². The van der Waals surface area contributed by atoms with E-state index < -0.39 is 0 Å². The van der Waals surface area contributed by atoms with Crippen molar-refractivity contribution in [2.75, 3.05) is 5.32 Å². The number of hydrogen-bond acceptors (Lipinski definition) is 3. The van der Waals surface area contributed by atoms with Gasteiger partial charge in [-0.2, -0.15) is 0 Å². The predicted molar refractivity (Wildman–Crippen MR) is 236 cm³/mol. The molecule has 0 amide bonds. The van der Waals surface area contributed by atoms with E-state index in [1.54, 1.807) is 0 Å². The van der Waals surface area contributed by atoms with Gasteiger partial charge in [0.1, 0.15) is 22.3 Å². The van der Waals surface area contributed by atoms with Crippen molar-refractivity contribution >= 4 is 106 Å². The molecule has 1 N–H and O–H groups in total. The third-order valence-electron chi connectivity index (χ3n) is 12.1. The lowest BCUT2D eigenvalue weighted by molar-refractivity contribution is 0.590. The van der Waals surface area contributed by atoms with E-state index in [0.717, 1.165) is 71.9 Å². The van der Waals surface area contributed by atoms with E-state index in [4.69, 9.17) is 8.83 Å². The molecule has 265 valence electrons. The molecule has 11 aromatic rings. The van der Waals surface area contributed by atoms with Crippen LogP contribution in [0.1, 0.15) is 31.9 Å². The van der Waals surface area contributed by atoms with Crippen molar-refractivity contribution in [3.8, 4) is 16.8 Å². The molecule has 0 atom stereocenters. The van der Waals surface area contributed by atoms with Gasteiger partial charge in [-0.1, -0.05) is 111 Å². The number of fused-ring (bicyclic) bond motifs is 12. The quantitative estimate of drug-likeness (QED) is 0.185. The smallest absolute Gasteiger partial charge is 0.198 e. The van der Waals surface area contributed by atoms with Gasteiger partial charge in [-0.3, -0.25) is 0 Å². The van der Waals surface area contributed by atoms with Gasteiger partial charge in [0.25, 0.3) is 0 Å². The van der Waals surface area contributed by atoms with Crippen LogP contribution < -0.4 is 16.2 Å². The molecule has 0 fully saturated rings. The van der Waals surface area contributed by atoms with Crippen LogP contribution in [0.2, 0.25) is 0 Å². The molecule has 0 bridgehead atoms. The summed E-state index contributed by atoms with van der Waals surface area (Å²) in [5.74, 6) is 0. The molecular weight excluding hydrogens is 683 g/mol. The van der Waals surface area contributed by atoms with Crippen LogP contribution in [0.4, 0.5) is 11.4 Å². The molecule has 0 spiro atoms. The minimum Gasteiger partial charge on any atom is -0.456 e. The Hall–Kier alpha value is -6.72. The molecule has 0 unspecified atom stereocenters. The molecule has 1 aliphatic heterocycles. The Balaban J connectivity index is 1.19. The van der Waals surface area contributed by atoms with E-state index >= 15 is 0 Å². The van der Waals surface area contributed by atoms with Crippen LogP contribution in [-0.2, 0) is 5.41 Å². The highest BCUT2D eigenvalue weighted by Crippen LogP contribution is 2.44. The standard InChI is InChI=1S/C51H36BN2O2/c1-28-23-38(48-32-12-6-5-11-29(32)17-22-40(48)53-31-20-18-30(19-21-31)51(2,3)4)49-50-47(28)37-26-45-35(33-13-7-9-15-43(33)55-45)24-41(37)54(50)42-25-36-34-14-8-10-16-44(34)56-46(36)27-39(42)52-49/h5-27,53H,1-4H3. The van der Waals surface area contributed by atoms with Crippen LogP contribution in [0.5, 0.6) is 0 Å². The normalized spacial score (nSPS) is 12.8. The van der Waals surface area contributed by atoms with Crippen molar-refractivity contribution in [3.63, 3.8) is 0 Å². The Bertz CT molecular complexity index is 3470. The second kappa shape index (κ2) is 11.2. The Morgan fingerprint density at radius 1 is 0.589 bits per heavy atom. The lowest BCUT2D eigenvalue weighted by Crippen LogP contribution is -2.37. The number of aryl methyl sites for hydroxylation is 1. The monoisotopic (exact) mass is 719 g/mol. The number of para-hydroxylation sites is 2. The zero-order valence-corrected chi connectivity index (χ0v) is 31.6. The molecule has 4 heterocycles. The van der Waals surface area contributed by atoms with Crippen molar-refractivity contribution in [1.82, 2.24) is 4.57 Å². The van der Waals surface area contributed by atoms with Crippen LogP contribution in [0.3, 0.4) is 0 Å². The number of nitrogens with zero attached hydrogens (tertiary/aromatic N) is 1. The lowest BCUT2D eigenvalue weighted by atomic mass is 9.58. The summed E-state index contributed by atoms with van der Waals surface area (Å²) in [6, 6.07) is 50.4. The van der Waals surface area contributed by atoms with Gasteiger partial charge in [0.15, 0.2) is 7.28 Å². The summed E-state index contributed by atoms with van der Waals surface area (Å²) in [4.78, 5) is 0. The van der Waals surface area contributed by atoms with E-state index in [0.29, 0.717) is 0 Å². The maximum Gasteiger partial charge on any atom is 0.198 e. The van der Waals surface area contributed by atoms with Crippen LogP contribution in [0, 0.1) is 6.92 Å². The highest BCUT2D eigenvalue weighted by molar-refractivity contribution is 6.74. The first-order valence-corrected chi connectivity index (χ1v) is 19.4. The first-order valence-electron chi connectivity index (χ1n) is 19.4. The number of rotatable bonds is 3. The minimum absolute atomic E-state index is 0.0798. The van der Waals surface area contributed by atoms with Gasteiger partial charge in [-0.25, -0.2) is 0 Å². The third kappa shape index (κ3) is 4.43. The molecule has 1 radical (unpaired) electrons. The van der Waals surface area contributed by atoms with Gasteiger partial charge in [-0.15, -0.1) is 0 Å². The lowest BCUT2D eigenvalue weighted by Gasteiger charge is -2.25. The average molecular weight is 720 g/mol. The summed E-state index contributed by atoms with van der Waals surface area (Å²) >= 11 is 0. The van der Waals surface area contributed by atoms with Crippen molar-refractivity contribution in [2.45, 2.75) is 33.1 Å². The molecule has 12 rings (SSSR count). The highest BCUT2D eigenvalue weighted by Gasteiger charge is 2.30. The Kier molecular flexibility index (Phi) is 6.31. The van der Waals surface area contributed by atoms with Gasteiger partial charge >= 0.3 is 0 Å². The Morgan fingerprint density at radius 2 is 1.25 bits per heavy atom. The largest absolute Gasteiger partial charge is 0.456 e. The fraction of sp³-hybridized carbons (Fsp3) is 0.0980. The highest BCUT2D eigenvalue weighted by atomic mass is 16.3. The molecule has 0 saturated carbocycles. The number of benzene rings is 8. The topological polar surface area (TPSA) is 43.2 Å². The second-order valence-electron chi connectivity index (χ2n) is 16.5. The molecule has 56 heavy (non-hydrogen) atoms. The van der Waals surface area contributed by atoms with E-state index in [-0.39, 0.29) is 5.41 Å². The maximum absolute atomic E-state index is 6.50.